The number of aromatic nitrogens is 2. The van der Waals surface area contributed by atoms with E-state index in [1.165, 1.54) is 19.3 Å². The lowest BCUT2D eigenvalue weighted by Crippen LogP contribution is -2.32. The van der Waals surface area contributed by atoms with Crippen molar-refractivity contribution in [1.29, 1.82) is 0 Å². The molecule has 86 valence electrons. The monoisotopic (exact) mass is 219 g/mol. The summed E-state index contributed by atoms with van der Waals surface area (Å²) in [5, 5.41) is 0. The third kappa shape index (κ3) is 1.62. The highest BCUT2D eigenvalue weighted by atomic mass is 16.5. The highest BCUT2D eigenvalue weighted by molar-refractivity contribution is 5.41. The van der Waals surface area contributed by atoms with Gasteiger partial charge in [-0.3, -0.25) is 4.98 Å². The third-order valence-electron chi connectivity index (χ3n) is 3.60. The molecule has 0 spiro atoms. The van der Waals surface area contributed by atoms with Gasteiger partial charge in [0.1, 0.15) is 0 Å². The summed E-state index contributed by atoms with van der Waals surface area (Å²) in [4.78, 5) is 11.1. The second-order valence-corrected chi connectivity index (χ2v) is 4.63. The minimum atomic E-state index is 0.641. The Balaban J connectivity index is 1.81. The quantitative estimate of drug-likeness (QED) is 0.777. The van der Waals surface area contributed by atoms with Crippen LogP contribution in [-0.2, 0) is 0 Å². The highest BCUT2D eigenvalue weighted by Crippen LogP contribution is 2.39. The van der Waals surface area contributed by atoms with Crippen molar-refractivity contribution in [3.63, 3.8) is 0 Å². The maximum Gasteiger partial charge on any atom is 0.234 e. The van der Waals surface area contributed by atoms with Gasteiger partial charge in [0.05, 0.1) is 19.0 Å². The summed E-state index contributed by atoms with van der Waals surface area (Å²) < 4.78 is 5.39. The van der Waals surface area contributed by atoms with Gasteiger partial charge >= 0.3 is 0 Å². The van der Waals surface area contributed by atoms with Gasteiger partial charge in [0.2, 0.25) is 5.88 Å². The summed E-state index contributed by atoms with van der Waals surface area (Å²) in [7, 11) is 0. The molecule has 0 amide bonds. The zero-order valence-corrected chi connectivity index (χ0v) is 9.59. The average molecular weight is 219 g/mol. The van der Waals surface area contributed by atoms with Crippen LogP contribution < -0.4 is 9.64 Å². The smallest absolute Gasteiger partial charge is 0.234 e. The molecule has 1 aliphatic heterocycles. The van der Waals surface area contributed by atoms with Gasteiger partial charge in [-0.05, 0) is 32.1 Å². The van der Waals surface area contributed by atoms with Gasteiger partial charge in [-0.1, -0.05) is 0 Å². The van der Waals surface area contributed by atoms with Gasteiger partial charge in [0.25, 0.3) is 0 Å². The van der Waals surface area contributed by atoms with Gasteiger partial charge in [-0.15, -0.1) is 0 Å². The molecule has 1 aromatic rings. The topological polar surface area (TPSA) is 38.2 Å². The fourth-order valence-corrected chi connectivity index (χ4v) is 2.90. The summed E-state index contributed by atoms with van der Waals surface area (Å²) in [6.07, 6.45) is 7.57. The molecule has 4 heteroatoms. The van der Waals surface area contributed by atoms with E-state index < -0.39 is 0 Å². The minimum absolute atomic E-state index is 0.641. The van der Waals surface area contributed by atoms with E-state index >= 15 is 0 Å². The lowest BCUT2D eigenvalue weighted by Gasteiger charge is -2.27. The van der Waals surface area contributed by atoms with Crippen LogP contribution in [0.2, 0.25) is 0 Å². The second-order valence-electron chi connectivity index (χ2n) is 4.63. The predicted octanol–water partition coefficient (Wildman–Crippen LogP) is 1.86. The fraction of sp³-hybridized carbons (Fsp3) is 0.667. The van der Waals surface area contributed by atoms with Crippen molar-refractivity contribution < 1.29 is 4.74 Å². The molecule has 0 aromatic carbocycles. The van der Waals surface area contributed by atoms with Crippen molar-refractivity contribution in [3.05, 3.63) is 12.4 Å². The van der Waals surface area contributed by atoms with E-state index in [9.17, 15) is 0 Å². The predicted molar refractivity (Wildman–Crippen MR) is 61.7 cm³/mol. The number of rotatable bonds is 3. The molecule has 1 saturated carbocycles. The third-order valence-corrected chi connectivity index (χ3v) is 3.60. The molecule has 2 bridgehead atoms. The van der Waals surface area contributed by atoms with Crippen molar-refractivity contribution in [2.24, 2.45) is 5.92 Å². The van der Waals surface area contributed by atoms with E-state index in [0.29, 0.717) is 18.5 Å². The van der Waals surface area contributed by atoms with Gasteiger partial charge in [0, 0.05) is 12.6 Å². The van der Waals surface area contributed by atoms with Crippen molar-refractivity contribution in [3.8, 4) is 5.88 Å². The Labute approximate surface area is 95.7 Å². The van der Waals surface area contributed by atoms with Crippen LogP contribution in [0.4, 0.5) is 5.82 Å². The lowest BCUT2D eigenvalue weighted by atomic mass is 10.1. The molecule has 0 radical (unpaired) electrons. The van der Waals surface area contributed by atoms with Gasteiger partial charge in [-0.25, -0.2) is 0 Å². The first-order chi connectivity index (χ1) is 7.86. The van der Waals surface area contributed by atoms with E-state index in [0.717, 1.165) is 18.3 Å². The van der Waals surface area contributed by atoms with Crippen LogP contribution in [-0.4, -0.2) is 29.2 Å². The molecule has 3 rings (SSSR count). The molecule has 16 heavy (non-hydrogen) atoms. The fourth-order valence-electron chi connectivity index (χ4n) is 2.90. The van der Waals surface area contributed by atoms with Crippen molar-refractivity contribution in [1.82, 2.24) is 9.97 Å². The molecule has 1 saturated heterocycles. The summed E-state index contributed by atoms with van der Waals surface area (Å²) in [5.74, 6) is 2.50. The van der Waals surface area contributed by atoms with Crippen molar-refractivity contribution in [2.75, 3.05) is 18.1 Å². The molecular weight excluding hydrogens is 202 g/mol. The van der Waals surface area contributed by atoms with E-state index in [1.807, 2.05) is 13.1 Å². The Morgan fingerprint density at radius 1 is 1.44 bits per heavy atom. The van der Waals surface area contributed by atoms with E-state index in [-0.39, 0.29) is 0 Å². The molecule has 2 heterocycles. The zero-order chi connectivity index (χ0) is 11.0. The summed E-state index contributed by atoms with van der Waals surface area (Å²) in [5.41, 5.74) is 0. The maximum atomic E-state index is 5.39. The number of piperidine rings is 1. The van der Waals surface area contributed by atoms with E-state index in [1.54, 1.807) is 6.20 Å². The Hall–Kier alpha value is -1.32. The maximum absolute atomic E-state index is 5.39. The van der Waals surface area contributed by atoms with Crippen LogP contribution in [0, 0.1) is 5.92 Å². The van der Waals surface area contributed by atoms with Crippen LogP contribution in [0.25, 0.3) is 0 Å². The Kier molecular flexibility index (Phi) is 2.42. The van der Waals surface area contributed by atoms with Crippen LogP contribution in [0.15, 0.2) is 12.4 Å². The Morgan fingerprint density at radius 2 is 2.38 bits per heavy atom. The highest BCUT2D eigenvalue weighted by Gasteiger charge is 2.38. The largest absolute Gasteiger partial charge is 0.477 e. The summed E-state index contributed by atoms with van der Waals surface area (Å²) >= 11 is 0. The average Bonchev–Trinajstić information content (AvgIpc) is 2.91. The number of nitrogens with zero attached hydrogens (tertiary/aromatic N) is 3. The second kappa shape index (κ2) is 3.92. The van der Waals surface area contributed by atoms with Crippen LogP contribution in [0.3, 0.4) is 0 Å². The van der Waals surface area contributed by atoms with Crippen LogP contribution in [0.1, 0.15) is 26.2 Å². The lowest BCUT2D eigenvalue weighted by molar-refractivity contribution is 0.325. The molecule has 2 unspecified atom stereocenters. The Morgan fingerprint density at radius 3 is 3.06 bits per heavy atom. The molecule has 2 fully saturated rings. The van der Waals surface area contributed by atoms with Gasteiger partial charge in [-0.2, -0.15) is 4.98 Å². The normalized spacial score (nSPS) is 27.4. The Bertz CT molecular complexity index is 382. The summed E-state index contributed by atoms with van der Waals surface area (Å²) in [6.45, 7) is 3.76. The number of anilines is 1. The first-order valence-corrected chi connectivity index (χ1v) is 6.08. The van der Waals surface area contributed by atoms with E-state index in [4.69, 9.17) is 4.74 Å². The molecule has 0 N–H and O–H groups in total. The van der Waals surface area contributed by atoms with E-state index in [2.05, 4.69) is 14.9 Å². The van der Waals surface area contributed by atoms with Crippen LogP contribution in [0.5, 0.6) is 5.88 Å². The molecule has 2 atom stereocenters. The zero-order valence-electron chi connectivity index (χ0n) is 9.59. The van der Waals surface area contributed by atoms with Crippen molar-refractivity contribution >= 4 is 5.82 Å². The first kappa shape index (κ1) is 9.87. The molecular formula is C12H17N3O. The first-order valence-electron chi connectivity index (χ1n) is 6.08. The van der Waals surface area contributed by atoms with Gasteiger partial charge in [0.15, 0.2) is 5.82 Å². The van der Waals surface area contributed by atoms with Crippen molar-refractivity contribution in [2.45, 2.75) is 32.2 Å². The minimum Gasteiger partial charge on any atom is -0.477 e. The number of fused-ring (bicyclic) bond motifs is 2. The number of ether oxygens (including phenoxy) is 1. The van der Waals surface area contributed by atoms with Crippen LogP contribution >= 0.6 is 0 Å². The molecule has 1 aromatic heterocycles. The number of hydrogen-bond acceptors (Lipinski definition) is 4. The summed E-state index contributed by atoms with van der Waals surface area (Å²) in [6, 6.07) is 0.691. The SMILES string of the molecule is CCOc1cncc(N2CC3CCC2C3)n1. The standard InChI is InChI=1S/C12H17N3O/c1-2-16-12-7-13-6-11(14-12)15-8-9-3-4-10(15)5-9/h6-7,9-10H,2-5,8H2,1H3. The molecule has 4 nitrogen and oxygen atoms in total. The van der Waals surface area contributed by atoms with Gasteiger partial charge < -0.3 is 9.64 Å². The molecule has 2 aliphatic rings. The molecule has 1 aliphatic carbocycles. The number of hydrogen-bond donors (Lipinski definition) is 0.